The van der Waals surface area contributed by atoms with Crippen LogP contribution in [-0.4, -0.2) is 20.2 Å². The van der Waals surface area contributed by atoms with Crippen LogP contribution in [0.25, 0.3) is 0 Å². The van der Waals surface area contributed by atoms with Crippen LogP contribution in [0.5, 0.6) is 0 Å². The Morgan fingerprint density at radius 1 is 1.37 bits per heavy atom. The Morgan fingerprint density at radius 2 is 2.16 bits per heavy atom. The van der Waals surface area contributed by atoms with Gasteiger partial charge in [0.05, 0.1) is 6.61 Å². The van der Waals surface area contributed by atoms with Gasteiger partial charge in [-0.2, -0.15) is 0 Å². The molecule has 0 bridgehead atoms. The Labute approximate surface area is 116 Å². The minimum atomic E-state index is 0.242. The zero-order valence-electron chi connectivity index (χ0n) is 11.9. The molecule has 1 saturated carbocycles. The molecule has 0 aliphatic heterocycles. The molecule has 0 heterocycles. The van der Waals surface area contributed by atoms with Crippen LogP contribution in [-0.2, 0) is 11.3 Å². The second-order valence-corrected chi connectivity index (χ2v) is 5.46. The number of methoxy groups -OCH3 is 1. The van der Waals surface area contributed by atoms with E-state index in [1.807, 2.05) is 0 Å². The number of nitrogens with two attached hydrogens (primary N) is 1. The number of hydrogen-bond acceptors (Lipinski definition) is 3. The van der Waals surface area contributed by atoms with Crippen molar-refractivity contribution in [3.05, 3.63) is 35.4 Å². The monoisotopic (exact) mass is 262 g/mol. The van der Waals surface area contributed by atoms with Gasteiger partial charge in [-0.25, -0.2) is 0 Å². The first-order valence-electron chi connectivity index (χ1n) is 7.35. The fourth-order valence-corrected chi connectivity index (χ4v) is 2.72. The van der Waals surface area contributed by atoms with E-state index in [0.717, 1.165) is 12.5 Å². The topological polar surface area (TPSA) is 47.3 Å². The van der Waals surface area contributed by atoms with Gasteiger partial charge in [0.15, 0.2) is 0 Å². The van der Waals surface area contributed by atoms with Gasteiger partial charge in [-0.3, -0.25) is 0 Å². The maximum absolute atomic E-state index is 5.93. The largest absolute Gasteiger partial charge is 0.380 e. The molecule has 0 amide bonds. The highest BCUT2D eigenvalue weighted by Crippen LogP contribution is 2.29. The summed E-state index contributed by atoms with van der Waals surface area (Å²) in [4.78, 5) is 0. The van der Waals surface area contributed by atoms with Gasteiger partial charge in [-0.15, -0.1) is 0 Å². The normalized spacial score (nSPS) is 17.2. The molecule has 0 aromatic heterocycles. The zero-order valence-corrected chi connectivity index (χ0v) is 11.9. The highest BCUT2D eigenvalue weighted by Gasteiger charge is 2.18. The Bertz CT molecular complexity index is 377. The third kappa shape index (κ3) is 4.03. The van der Waals surface area contributed by atoms with Crippen molar-refractivity contribution in [3.8, 4) is 0 Å². The lowest BCUT2D eigenvalue weighted by Crippen LogP contribution is -2.31. The van der Waals surface area contributed by atoms with E-state index in [4.69, 9.17) is 10.5 Å². The molecule has 1 aromatic carbocycles. The summed E-state index contributed by atoms with van der Waals surface area (Å²) in [7, 11) is 1.73. The SMILES string of the molecule is COCc1ccccc1C(CN)NCCC1CCC1. The average molecular weight is 262 g/mol. The molecule has 3 heteroatoms. The van der Waals surface area contributed by atoms with Crippen LogP contribution in [0, 0.1) is 5.92 Å². The molecule has 3 N–H and O–H groups in total. The zero-order chi connectivity index (χ0) is 13.5. The maximum atomic E-state index is 5.93. The molecule has 0 saturated heterocycles. The highest BCUT2D eigenvalue weighted by molar-refractivity contribution is 5.29. The predicted octanol–water partition coefficient (Wildman–Crippen LogP) is 2.61. The van der Waals surface area contributed by atoms with Gasteiger partial charge in [-0.05, 0) is 30.0 Å². The van der Waals surface area contributed by atoms with Gasteiger partial charge in [-0.1, -0.05) is 43.5 Å². The number of hydrogen-bond donors (Lipinski definition) is 2. The van der Waals surface area contributed by atoms with Crippen LogP contribution in [0.3, 0.4) is 0 Å². The molecule has 2 rings (SSSR count). The number of benzene rings is 1. The van der Waals surface area contributed by atoms with Crippen molar-refractivity contribution in [2.45, 2.75) is 38.3 Å². The first kappa shape index (κ1) is 14.5. The third-order valence-corrected chi connectivity index (χ3v) is 4.13. The molecule has 0 spiro atoms. The molecule has 1 aliphatic carbocycles. The van der Waals surface area contributed by atoms with Crippen LogP contribution in [0.1, 0.15) is 42.9 Å². The Hall–Kier alpha value is -0.900. The molecule has 1 atom stereocenters. The van der Waals surface area contributed by atoms with Gasteiger partial charge in [0.25, 0.3) is 0 Å². The average Bonchev–Trinajstić information content (AvgIpc) is 2.38. The predicted molar refractivity (Wildman–Crippen MR) is 78.9 cm³/mol. The molecule has 0 radical (unpaired) electrons. The van der Waals surface area contributed by atoms with Crippen LogP contribution >= 0.6 is 0 Å². The molecule has 1 aliphatic rings. The summed E-state index contributed by atoms with van der Waals surface area (Å²) in [5, 5.41) is 3.60. The van der Waals surface area contributed by atoms with Gasteiger partial charge in [0, 0.05) is 19.7 Å². The van der Waals surface area contributed by atoms with Crippen molar-refractivity contribution in [2.24, 2.45) is 11.7 Å². The second kappa shape index (κ2) is 7.63. The molecule has 1 fully saturated rings. The smallest absolute Gasteiger partial charge is 0.0716 e. The molecule has 19 heavy (non-hydrogen) atoms. The molecular weight excluding hydrogens is 236 g/mol. The van der Waals surface area contributed by atoms with Gasteiger partial charge >= 0.3 is 0 Å². The van der Waals surface area contributed by atoms with Crippen molar-refractivity contribution in [2.75, 3.05) is 20.2 Å². The second-order valence-electron chi connectivity index (χ2n) is 5.46. The van der Waals surface area contributed by atoms with E-state index in [2.05, 4.69) is 29.6 Å². The molecule has 106 valence electrons. The standard InChI is InChI=1S/C16H26N2O/c1-19-12-14-7-2-3-8-15(14)16(11-17)18-10-9-13-5-4-6-13/h2-3,7-8,13,16,18H,4-6,9-12,17H2,1H3. The lowest BCUT2D eigenvalue weighted by molar-refractivity contribution is 0.183. The van der Waals surface area contributed by atoms with Crippen molar-refractivity contribution in [1.82, 2.24) is 5.32 Å². The Kier molecular flexibility index (Phi) is 5.83. The van der Waals surface area contributed by atoms with Gasteiger partial charge < -0.3 is 15.8 Å². The lowest BCUT2D eigenvalue weighted by Gasteiger charge is -2.27. The van der Waals surface area contributed by atoms with Gasteiger partial charge in [0.1, 0.15) is 0 Å². The summed E-state index contributed by atoms with van der Waals surface area (Å²) >= 11 is 0. The summed E-state index contributed by atoms with van der Waals surface area (Å²) in [6.07, 6.45) is 5.52. The Balaban J connectivity index is 1.91. The van der Waals surface area contributed by atoms with Crippen molar-refractivity contribution in [3.63, 3.8) is 0 Å². The summed E-state index contributed by atoms with van der Waals surface area (Å²) in [6, 6.07) is 8.65. The van der Waals surface area contributed by atoms with E-state index < -0.39 is 0 Å². The fourth-order valence-electron chi connectivity index (χ4n) is 2.72. The number of ether oxygens (including phenoxy) is 1. The summed E-state index contributed by atoms with van der Waals surface area (Å²) < 4.78 is 5.26. The van der Waals surface area contributed by atoms with Crippen molar-refractivity contribution < 1.29 is 4.74 Å². The van der Waals surface area contributed by atoms with E-state index in [1.165, 1.54) is 36.8 Å². The lowest BCUT2D eigenvalue weighted by atomic mass is 9.83. The molecule has 1 unspecified atom stereocenters. The van der Waals surface area contributed by atoms with Crippen LogP contribution in [0.4, 0.5) is 0 Å². The molecule has 1 aromatic rings. The van der Waals surface area contributed by atoms with Crippen molar-refractivity contribution >= 4 is 0 Å². The summed E-state index contributed by atoms with van der Waals surface area (Å²) in [5.41, 5.74) is 8.44. The minimum absolute atomic E-state index is 0.242. The number of nitrogens with one attached hydrogen (secondary N) is 1. The first-order valence-corrected chi connectivity index (χ1v) is 7.35. The van der Waals surface area contributed by atoms with Crippen LogP contribution < -0.4 is 11.1 Å². The highest BCUT2D eigenvalue weighted by atomic mass is 16.5. The van der Waals surface area contributed by atoms with E-state index >= 15 is 0 Å². The quantitative estimate of drug-likeness (QED) is 0.757. The number of rotatable bonds is 8. The van der Waals surface area contributed by atoms with Crippen LogP contribution in [0.15, 0.2) is 24.3 Å². The first-order chi connectivity index (χ1) is 9.35. The van der Waals surface area contributed by atoms with E-state index in [9.17, 15) is 0 Å². The molecular formula is C16H26N2O. The maximum Gasteiger partial charge on any atom is 0.0716 e. The molecule has 3 nitrogen and oxygen atoms in total. The van der Waals surface area contributed by atoms with E-state index in [1.54, 1.807) is 7.11 Å². The Morgan fingerprint density at radius 3 is 2.79 bits per heavy atom. The van der Waals surface area contributed by atoms with Crippen molar-refractivity contribution in [1.29, 1.82) is 0 Å². The van der Waals surface area contributed by atoms with Crippen LogP contribution in [0.2, 0.25) is 0 Å². The summed E-state index contributed by atoms with van der Waals surface area (Å²) in [6.45, 7) is 2.34. The van der Waals surface area contributed by atoms with E-state index in [0.29, 0.717) is 13.2 Å². The van der Waals surface area contributed by atoms with Gasteiger partial charge in [0.2, 0.25) is 0 Å². The minimum Gasteiger partial charge on any atom is -0.380 e. The fraction of sp³-hybridized carbons (Fsp3) is 0.625. The summed E-state index contributed by atoms with van der Waals surface area (Å²) in [5.74, 6) is 0.945. The van der Waals surface area contributed by atoms with E-state index in [-0.39, 0.29) is 6.04 Å². The third-order valence-electron chi connectivity index (χ3n) is 4.13.